The molecule has 0 N–H and O–H groups in total. The fourth-order valence-corrected chi connectivity index (χ4v) is 2.20. The summed E-state index contributed by atoms with van der Waals surface area (Å²) in [6.45, 7) is 3.63. The molecule has 4 heteroatoms. The van der Waals surface area contributed by atoms with Crippen LogP contribution in [0.3, 0.4) is 0 Å². The molecule has 0 unspecified atom stereocenters. The largest absolute Gasteiger partial charge is 0.478 e. The second kappa shape index (κ2) is 4.20. The van der Waals surface area contributed by atoms with Crippen LogP contribution in [0.4, 0.5) is 0 Å². The molecule has 3 rings (SSSR count). The first-order valence-corrected chi connectivity index (χ1v) is 6.03. The third-order valence-corrected chi connectivity index (χ3v) is 2.99. The number of hydrogen-bond donors (Lipinski definition) is 0. The minimum atomic E-state index is 0.635. The second-order valence-electron chi connectivity index (χ2n) is 4.16. The van der Waals surface area contributed by atoms with E-state index in [-0.39, 0.29) is 0 Å². The molecule has 0 aromatic carbocycles. The molecule has 0 bridgehead atoms. The van der Waals surface area contributed by atoms with Crippen molar-refractivity contribution in [1.29, 1.82) is 0 Å². The smallest absolute Gasteiger partial charge is 0.213 e. The molecule has 1 aliphatic heterocycles. The van der Waals surface area contributed by atoms with Crippen LogP contribution in [0.2, 0.25) is 0 Å². The molecule has 0 spiro atoms. The number of hydrogen-bond acceptors (Lipinski definition) is 3. The van der Waals surface area contributed by atoms with E-state index >= 15 is 0 Å². The minimum absolute atomic E-state index is 0.635. The van der Waals surface area contributed by atoms with Gasteiger partial charge in [-0.15, -0.1) is 0 Å². The van der Waals surface area contributed by atoms with E-state index in [0.717, 1.165) is 24.2 Å². The quantitative estimate of drug-likeness (QED) is 0.810. The van der Waals surface area contributed by atoms with Crippen LogP contribution in [-0.4, -0.2) is 21.4 Å². The highest BCUT2D eigenvalue weighted by molar-refractivity contribution is 5.60. The first kappa shape index (κ1) is 10.3. The molecule has 17 heavy (non-hydrogen) atoms. The van der Waals surface area contributed by atoms with Crippen molar-refractivity contribution in [1.82, 2.24) is 14.8 Å². The summed E-state index contributed by atoms with van der Waals surface area (Å²) in [7, 11) is 0. The summed E-state index contributed by atoms with van der Waals surface area (Å²) in [6.07, 6.45) is 4.12. The highest BCUT2D eigenvalue weighted by atomic mass is 16.5. The zero-order chi connectivity index (χ0) is 11.7. The van der Waals surface area contributed by atoms with Gasteiger partial charge >= 0.3 is 0 Å². The van der Waals surface area contributed by atoms with Crippen molar-refractivity contribution < 1.29 is 4.74 Å². The summed E-state index contributed by atoms with van der Waals surface area (Å²) in [5, 5.41) is 4.60. The van der Waals surface area contributed by atoms with E-state index in [1.54, 1.807) is 6.20 Å². The highest BCUT2D eigenvalue weighted by Crippen LogP contribution is 2.24. The Bertz CT molecular complexity index is 512. The molecule has 1 aliphatic rings. The number of aromatic nitrogens is 3. The van der Waals surface area contributed by atoms with Gasteiger partial charge in [-0.05, 0) is 31.9 Å². The van der Waals surface area contributed by atoms with Crippen molar-refractivity contribution in [3.8, 4) is 17.1 Å². The van der Waals surface area contributed by atoms with Crippen LogP contribution in [0, 0.1) is 0 Å². The van der Waals surface area contributed by atoms with Crippen LogP contribution in [-0.2, 0) is 13.0 Å². The zero-order valence-electron chi connectivity index (χ0n) is 9.89. The number of pyridine rings is 1. The van der Waals surface area contributed by atoms with E-state index in [0.29, 0.717) is 12.5 Å². The second-order valence-corrected chi connectivity index (χ2v) is 4.16. The molecular formula is C13H15N3O. The molecule has 0 fully saturated rings. The molecule has 2 aromatic rings. The Labute approximate surface area is 100 Å². The molecule has 3 heterocycles. The van der Waals surface area contributed by atoms with Crippen molar-refractivity contribution >= 4 is 0 Å². The van der Waals surface area contributed by atoms with Gasteiger partial charge in [0.2, 0.25) is 5.88 Å². The molecule has 0 amide bonds. The average molecular weight is 229 g/mol. The van der Waals surface area contributed by atoms with E-state index in [1.165, 1.54) is 12.1 Å². The summed E-state index contributed by atoms with van der Waals surface area (Å²) in [5.74, 6) is 0.665. The maximum Gasteiger partial charge on any atom is 0.213 e. The molecule has 88 valence electrons. The Balaban J connectivity index is 1.94. The van der Waals surface area contributed by atoms with E-state index in [4.69, 9.17) is 4.74 Å². The van der Waals surface area contributed by atoms with Crippen molar-refractivity contribution in [2.45, 2.75) is 26.3 Å². The Kier molecular flexibility index (Phi) is 2.55. The normalized spacial score (nSPS) is 13.7. The Morgan fingerprint density at radius 3 is 3.18 bits per heavy atom. The highest BCUT2D eigenvalue weighted by Gasteiger charge is 2.14. The molecule has 4 nitrogen and oxygen atoms in total. The third kappa shape index (κ3) is 1.90. The minimum Gasteiger partial charge on any atom is -0.478 e. The van der Waals surface area contributed by atoms with Gasteiger partial charge in [0.1, 0.15) is 0 Å². The maximum absolute atomic E-state index is 5.40. The summed E-state index contributed by atoms with van der Waals surface area (Å²) < 4.78 is 7.49. The molecule has 2 aromatic heterocycles. The number of ether oxygens (including phenoxy) is 1. The molecular weight excluding hydrogens is 214 g/mol. The lowest BCUT2D eigenvalue weighted by Crippen LogP contribution is -1.96. The molecule has 0 radical (unpaired) electrons. The summed E-state index contributed by atoms with van der Waals surface area (Å²) in [5.41, 5.74) is 3.42. The zero-order valence-corrected chi connectivity index (χ0v) is 9.89. The van der Waals surface area contributed by atoms with Gasteiger partial charge in [0.05, 0.1) is 12.3 Å². The summed E-state index contributed by atoms with van der Waals surface area (Å²) >= 11 is 0. The number of nitrogens with zero attached hydrogens (tertiary/aromatic N) is 3. The number of aryl methyl sites for hydroxylation is 2. The SMILES string of the molecule is CCOc1cc(-c2cc3n(n2)CCC3)ccn1. The molecule has 0 aliphatic carbocycles. The predicted molar refractivity (Wildman–Crippen MR) is 64.9 cm³/mol. The van der Waals surface area contributed by atoms with Crippen LogP contribution in [0.25, 0.3) is 11.3 Å². The lowest BCUT2D eigenvalue weighted by molar-refractivity contribution is 0.327. The van der Waals surface area contributed by atoms with Gasteiger partial charge in [0.25, 0.3) is 0 Å². The average Bonchev–Trinajstić information content (AvgIpc) is 2.89. The van der Waals surface area contributed by atoms with Gasteiger partial charge < -0.3 is 4.74 Å². The molecule has 0 saturated heterocycles. The third-order valence-electron chi connectivity index (χ3n) is 2.99. The van der Waals surface area contributed by atoms with Gasteiger partial charge in [-0.3, -0.25) is 4.68 Å². The van der Waals surface area contributed by atoms with Gasteiger partial charge in [0, 0.05) is 30.1 Å². The first-order chi connectivity index (χ1) is 8.36. The van der Waals surface area contributed by atoms with Crippen molar-refractivity contribution in [2.75, 3.05) is 6.61 Å². The monoisotopic (exact) mass is 229 g/mol. The standard InChI is InChI=1S/C13H15N3O/c1-2-17-13-8-10(5-6-14-13)12-9-11-4-3-7-16(11)15-12/h5-6,8-9H,2-4,7H2,1H3. The van der Waals surface area contributed by atoms with Crippen LogP contribution in [0.15, 0.2) is 24.4 Å². The van der Waals surface area contributed by atoms with E-state index in [1.807, 2.05) is 19.1 Å². The Morgan fingerprint density at radius 1 is 1.41 bits per heavy atom. The van der Waals surface area contributed by atoms with Crippen LogP contribution in [0.1, 0.15) is 19.0 Å². The van der Waals surface area contributed by atoms with Crippen LogP contribution in [0.5, 0.6) is 5.88 Å². The van der Waals surface area contributed by atoms with Crippen LogP contribution >= 0.6 is 0 Å². The Morgan fingerprint density at radius 2 is 2.35 bits per heavy atom. The first-order valence-electron chi connectivity index (χ1n) is 6.03. The van der Waals surface area contributed by atoms with Gasteiger partial charge in [-0.2, -0.15) is 5.10 Å². The number of rotatable bonds is 3. The molecule has 0 atom stereocenters. The van der Waals surface area contributed by atoms with Gasteiger partial charge in [-0.25, -0.2) is 4.98 Å². The fraction of sp³-hybridized carbons (Fsp3) is 0.385. The van der Waals surface area contributed by atoms with Gasteiger partial charge in [0.15, 0.2) is 0 Å². The maximum atomic E-state index is 5.40. The summed E-state index contributed by atoms with van der Waals surface area (Å²) in [6, 6.07) is 6.08. The van der Waals surface area contributed by atoms with Crippen molar-refractivity contribution in [2.24, 2.45) is 0 Å². The van der Waals surface area contributed by atoms with Crippen molar-refractivity contribution in [3.63, 3.8) is 0 Å². The van der Waals surface area contributed by atoms with Gasteiger partial charge in [-0.1, -0.05) is 0 Å². The van der Waals surface area contributed by atoms with E-state index in [2.05, 4.69) is 20.8 Å². The fourth-order valence-electron chi connectivity index (χ4n) is 2.20. The lowest BCUT2D eigenvalue weighted by Gasteiger charge is -2.02. The Hall–Kier alpha value is -1.84. The molecule has 0 saturated carbocycles. The number of fused-ring (bicyclic) bond motifs is 1. The lowest BCUT2D eigenvalue weighted by atomic mass is 10.2. The summed E-state index contributed by atoms with van der Waals surface area (Å²) in [4.78, 5) is 4.16. The van der Waals surface area contributed by atoms with Crippen LogP contribution < -0.4 is 4.74 Å². The topological polar surface area (TPSA) is 39.9 Å². The van der Waals surface area contributed by atoms with E-state index in [9.17, 15) is 0 Å². The predicted octanol–water partition coefficient (Wildman–Crippen LogP) is 2.29. The van der Waals surface area contributed by atoms with E-state index < -0.39 is 0 Å². The van der Waals surface area contributed by atoms with Crippen molar-refractivity contribution in [3.05, 3.63) is 30.1 Å².